The lowest BCUT2D eigenvalue weighted by Crippen LogP contribution is -1.84. The van der Waals surface area contributed by atoms with Gasteiger partial charge in [-0.1, -0.05) is 133 Å². The van der Waals surface area contributed by atoms with Crippen LogP contribution in [0.25, 0.3) is 64.9 Å². The molecule has 2 heterocycles. The highest BCUT2D eigenvalue weighted by Gasteiger charge is 2.23. The minimum absolute atomic E-state index is 1.02. The molecule has 44 heavy (non-hydrogen) atoms. The van der Waals surface area contributed by atoms with E-state index in [0.717, 1.165) is 22.5 Å². The number of rotatable bonds is 7. The summed E-state index contributed by atoms with van der Waals surface area (Å²) >= 11 is 3.14. The molecule has 2 aromatic heterocycles. The molecule has 0 unspecified atom stereocenters. The van der Waals surface area contributed by atoms with Crippen molar-refractivity contribution < 1.29 is 0 Å². The Labute approximate surface area is 272 Å². The van der Waals surface area contributed by atoms with Gasteiger partial charge < -0.3 is 0 Å². The number of nitrogens with zero attached hydrogens (tertiary/aromatic N) is 2. The van der Waals surface area contributed by atoms with Crippen LogP contribution in [0, 0.1) is 0 Å². The normalized spacial score (nSPS) is 11.4. The average molecular weight is 637 g/mol. The number of hydrogen-bond donors (Lipinski definition) is 0. The van der Waals surface area contributed by atoms with Crippen LogP contribution >= 0.6 is 44.7 Å². The van der Waals surface area contributed by atoms with E-state index in [9.17, 15) is 0 Å². The Morgan fingerprint density at radius 3 is 1.18 bits per heavy atom. The fraction of sp³-hybridized carbons (Fsp3) is 0. The molecule has 0 aliphatic carbocycles. The molecule has 8 aromatic rings. The Hall–Kier alpha value is -4.20. The Balaban J connectivity index is 1.25. The SMILES string of the molecule is c1ccc(-c2snc(-c3ccc4ccccc4c3)c2SSc2c(-c3ccc4ccccc4c3)nsc2-c2ccccc2)cc1. The van der Waals surface area contributed by atoms with Crippen molar-refractivity contribution in [1.29, 1.82) is 0 Å². The smallest absolute Gasteiger partial charge is 0.0992 e. The van der Waals surface area contributed by atoms with Gasteiger partial charge in [-0.15, -0.1) is 0 Å². The van der Waals surface area contributed by atoms with Crippen LogP contribution in [-0.2, 0) is 0 Å². The van der Waals surface area contributed by atoms with Gasteiger partial charge in [0.2, 0.25) is 0 Å². The summed E-state index contributed by atoms with van der Waals surface area (Å²) in [5.74, 6) is 0. The van der Waals surface area contributed by atoms with Crippen LogP contribution in [0.5, 0.6) is 0 Å². The van der Waals surface area contributed by atoms with Crippen LogP contribution in [0.1, 0.15) is 0 Å². The first kappa shape index (κ1) is 27.4. The van der Waals surface area contributed by atoms with E-state index in [-0.39, 0.29) is 0 Å². The van der Waals surface area contributed by atoms with Crippen LogP contribution in [0.15, 0.2) is 155 Å². The standard InChI is InChI=1S/C38H24N2S4/c1-3-13-27(14-4-1)35-37(33(39-41-35)31-21-19-25-11-7-9-17-29(25)23-31)43-44-38-34(40-42-36(38)28-15-5-2-6-16-28)32-22-20-26-12-8-10-18-30(26)24-32/h1-24H. The maximum Gasteiger partial charge on any atom is 0.0992 e. The maximum absolute atomic E-state index is 5.06. The van der Waals surface area contributed by atoms with Crippen molar-refractivity contribution in [1.82, 2.24) is 8.75 Å². The van der Waals surface area contributed by atoms with Gasteiger partial charge in [-0.25, -0.2) is 0 Å². The third-order valence-electron chi connectivity index (χ3n) is 7.63. The third-order valence-corrected chi connectivity index (χ3v) is 12.1. The molecule has 0 fully saturated rings. The van der Waals surface area contributed by atoms with E-state index in [2.05, 4.69) is 146 Å². The van der Waals surface area contributed by atoms with E-state index in [1.54, 1.807) is 44.7 Å². The number of hydrogen-bond acceptors (Lipinski definition) is 6. The highest BCUT2D eigenvalue weighted by Crippen LogP contribution is 2.53. The molecule has 6 aromatic carbocycles. The number of benzene rings is 6. The quantitative estimate of drug-likeness (QED) is 0.163. The molecule has 2 nitrogen and oxygen atoms in total. The zero-order valence-electron chi connectivity index (χ0n) is 23.4. The van der Waals surface area contributed by atoms with Crippen molar-refractivity contribution in [3.63, 3.8) is 0 Å². The van der Waals surface area contributed by atoms with Gasteiger partial charge in [0, 0.05) is 11.1 Å². The van der Waals surface area contributed by atoms with E-state index in [4.69, 9.17) is 8.75 Å². The summed E-state index contributed by atoms with van der Waals surface area (Å²) in [4.78, 5) is 4.72. The molecule has 0 saturated heterocycles. The van der Waals surface area contributed by atoms with E-state index < -0.39 is 0 Å². The Morgan fingerprint density at radius 2 is 0.750 bits per heavy atom. The minimum atomic E-state index is 1.02. The van der Waals surface area contributed by atoms with Gasteiger partial charge in [0.25, 0.3) is 0 Å². The second-order valence-corrected chi connectivity index (χ2v) is 14.1. The Bertz CT molecular complexity index is 2080. The fourth-order valence-corrected chi connectivity index (χ4v) is 10.4. The summed E-state index contributed by atoms with van der Waals surface area (Å²) in [5.41, 5.74) is 6.67. The van der Waals surface area contributed by atoms with Crippen LogP contribution < -0.4 is 0 Å². The van der Waals surface area contributed by atoms with Crippen molar-refractivity contribution in [2.75, 3.05) is 0 Å². The molecule has 6 heteroatoms. The Kier molecular flexibility index (Phi) is 7.50. The van der Waals surface area contributed by atoms with Crippen LogP contribution in [-0.4, -0.2) is 8.75 Å². The molecule has 0 N–H and O–H groups in total. The molecule has 0 amide bonds. The summed E-state index contributed by atoms with van der Waals surface area (Å²) < 4.78 is 10.1. The van der Waals surface area contributed by atoms with Crippen molar-refractivity contribution in [3.8, 4) is 43.4 Å². The predicted molar refractivity (Wildman–Crippen MR) is 193 cm³/mol. The molecule has 0 bridgehead atoms. The first-order valence-corrected chi connectivity index (χ1v) is 17.9. The second kappa shape index (κ2) is 12.1. The number of aromatic nitrogens is 2. The lowest BCUT2D eigenvalue weighted by Gasteiger charge is -2.10. The van der Waals surface area contributed by atoms with Gasteiger partial charge in [-0.2, -0.15) is 8.75 Å². The van der Waals surface area contributed by atoms with Gasteiger partial charge in [0.05, 0.1) is 30.9 Å². The first-order chi connectivity index (χ1) is 21.8. The van der Waals surface area contributed by atoms with Crippen LogP contribution in [0.4, 0.5) is 0 Å². The van der Waals surface area contributed by atoms with Crippen LogP contribution in [0.2, 0.25) is 0 Å². The third kappa shape index (κ3) is 5.24. The lowest BCUT2D eigenvalue weighted by atomic mass is 10.0. The molecular formula is C38H24N2S4. The minimum Gasteiger partial charge on any atom is -0.191 e. The topological polar surface area (TPSA) is 25.8 Å². The first-order valence-electron chi connectivity index (χ1n) is 14.2. The van der Waals surface area contributed by atoms with E-state index in [1.165, 1.54) is 52.2 Å². The van der Waals surface area contributed by atoms with Gasteiger partial charge in [0.15, 0.2) is 0 Å². The van der Waals surface area contributed by atoms with E-state index in [1.807, 2.05) is 0 Å². The zero-order chi connectivity index (χ0) is 29.3. The van der Waals surface area contributed by atoms with Gasteiger partial charge in [-0.05, 0) is 89.5 Å². The van der Waals surface area contributed by atoms with Gasteiger partial charge in [0.1, 0.15) is 0 Å². The van der Waals surface area contributed by atoms with E-state index in [0.29, 0.717) is 0 Å². The summed E-state index contributed by atoms with van der Waals surface area (Å²) in [6.45, 7) is 0. The predicted octanol–water partition coefficient (Wildman–Crippen LogP) is 12.4. The second-order valence-electron chi connectivity index (χ2n) is 10.4. The molecule has 0 aliphatic rings. The maximum atomic E-state index is 5.06. The molecule has 0 spiro atoms. The zero-order valence-corrected chi connectivity index (χ0v) is 26.6. The number of fused-ring (bicyclic) bond motifs is 2. The molecule has 0 saturated carbocycles. The van der Waals surface area contributed by atoms with Gasteiger partial charge >= 0.3 is 0 Å². The van der Waals surface area contributed by atoms with Crippen molar-refractivity contribution in [2.45, 2.75) is 9.79 Å². The van der Waals surface area contributed by atoms with Gasteiger partial charge in [-0.3, -0.25) is 0 Å². The molecule has 210 valence electrons. The highest BCUT2D eigenvalue weighted by atomic mass is 33.1. The average Bonchev–Trinajstić information content (AvgIpc) is 3.72. The van der Waals surface area contributed by atoms with Crippen molar-refractivity contribution in [3.05, 3.63) is 146 Å². The monoisotopic (exact) mass is 636 g/mol. The summed E-state index contributed by atoms with van der Waals surface area (Å²) in [5, 5.41) is 4.90. The van der Waals surface area contributed by atoms with E-state index >= 15 is 0 Å². The largest absolute Gasteiger partial charge is 0.191 e. The van der Waals surface area contributed by atoms with Crippen molar-refractivity contribution in [2.24, 2.45) is 0 Å². The summed E-state index contributed by atoms with van der Waals surface area (Å²) in [6, 6.07) is 51.5. The molecule has 0 aliphatic heterocycles. The summed E-state index contributed by atoms with van der Waals surface area (Å²) in [7, 11) is 3.57. The molecule has 0 radical (unpaired) electrons. The molecule has 0 atom stereocenters. The Morgan fingerprint density at radius 1 is 0.364 bits per heavy atom. The molecule has 8 rings (SSSR count). The lowest BCUT2D eigenvalue weighted by molar-refractivity contribution is 1.42. The van der Waals surface area contributed by atoms with Crippen molar-refractivity contribution >= 4 is 66.2 Å². The molecular weight excluding hydrogens is 613 g/mol. The van der Waals surface area contributed by atoms with Crippen LogP contribution in [0.3, 0.4) is 0 Å². The highest BCUT2D eigenvalue weighted by molar-refractivity contribution is 8.76. The fourth-order valence-electron chi connectivity index (χ4n) is 5.39. The summed E-state index contributed by atoms with van der Waals surface area (Å²) in [6.07, 6.45) is 0.